The van der Waals surface area contributed by atoms with Crippen LogP contribution in [0.4, 0.5) is 4.79 Å². The van der Waals surface area contributed by atoms with E-state index in [2.05, 4.69) is 17.4 Å². The van der Waals surface area contributed by atoms with Gasteiger partial charge in [0.05, 0.1) is 17.6 Å². The van der Waals surface area contributed by atoms with Gasteiger partial charge in [-0.3, -0.25) is 0 Å². The lowest BCUT2D eigenvalue weighted by Gasteiger charge is -2.30. The molecule has 0 saturated heterocycles. The van der Waals surface area contributed by atoms with Crippen LogP contribution >= 0.6 is 0 Å². The molecular weight excluding hydrogens is 414 g/mol. The van der Waals surface area contributed by atoms with Crippen LogP contribution in [0.25, 0.3) is 0 Å². The summed E-state index contributed by atoms with van der Waals surface area (Å²) in [7, 11) is 1.65. The summed E-state index contributed by atoms with van der Waals surface area (Å²) in [5.74, 6) is 1.19. The largest absolute Gasteiger partial charge is 0.569 e. The number of nitrogens with zero attached hydrogens (tertiary/aromatic N) is 3. The number of hydrogen-bond donors (Lipinski definition) is 0. The molecule has 0 aliphatic heterocycles. The summed E-state index contributed by atoms with van der Waals surface area (Å²) in [5.41, 5.74) is 0.0404. The molecular formula is C23H37N3O6. The second-order valence-corrected chi connectivity index (χ2v) is 9.95. The van der Waals surface area contributed by atoms with E-state index in [1.54, 1.807) is 27.9 Å². The van der Waals surface area contributed by atoms with Gasteiger partial charge in [-0.1, -0.05) is 12.1 Å². The smallest absolute Gasteiger partial charge is 0.508 e. The second kappa shape index (κ2) is 10.7. The molecule has 0 heterocycles. The molecule has 0 bridgehead atoms. The van der Waals surface area contributed by atoms with Crippen molar-refractivity contribution in [3.63, 3.8) is 0 Å². The van der Waals surface area contributed by atoms with Crippen molar-refractivity contribution in [1.82, 2.24) is 5.01 Å². The monoisotopic (exact) mass is 451 g/mol. The van der Waals surface area contributed by atoms with Crippen LogP contribution in [0.1, 0.15) is 72.3 Å². The van der Waals surface area contributed by atoms with Gasteiger partial charge in [-0.05, 0) is 84.4 Å². The van der Waals surface area contributed by atoms with Gasteiger partial charge in [0.2, 0.25) is 5.28 Å². The maximum Gasteiger partial charge on any atom is 0.508 e. The number of carbonyl (C=O) groups is 1. The van der Waals surface area contributed by atoms with Crippen molar-refractivity contribution in [3.05, 3.63) is 35.0 Å². The molecule has 1 saturated carbocycles. The molecule has 1 aromatic carbocycles. The quantitative estimate of drug-likeness (QED) is 0.232. The first-order chi connectivity index (χ1) is 14.9. The fraction of sp³-hybridized carbons (Fsp3) is 0.696. The number of rotatable bonds is 8. The first kappa shape index (κ1) is 25.5. The van der Waals surface area contributed by atoms with Gasteiger partial charge in [-0.25, -0.2) is 4.79 Å². The summed E-state index contributed by atoms with van der Waals surface area (Å²) in [4.78, 5) is 17.7. The van der Waals surface area contributed by atoms with Crippen LogP contribution in [0.3, 0.4) is 0 Å². The average molecular weight is 452 g/mol. The lowest BCUT2D eigenvalue weighted by Crippen LogP contribution is -2.47. The van der Waals surface area contributed by atoms with Gasteiger partial charge >= 0.3 is 6.16 Å². The maximum absolute atomic E-state index is 12.6. The summed E-state index contributed by atoms with van der Waals surface area (Å²) < 4.78 is 15.4. The zero-order valence-corrected chi connectivity index (χ0v) is 20.3. The van der Waals surface area contributed by atoms with E-state index < -0.39 is 17.3 Å². The lowest BCUT2D eigenvalue weighted by atomic mass is 9.98. The van der Waals surface area contributed by atoms with Crippen LogP contribution < -0.4 is 4.74 Å². The molecule has 0 spiro atoms. The highest BCUT2D eigenvalue weighted by atomic mass is 16.7. The van der Waals surface area contributed by atoms with E-state index in [1.807, 2.05) is 32.9 Å². The second-order valence-electron chi connectivity index (χ2n) is 9.95. The third-order valence-electron chi connectivity index (χ3n) is 5.13. The molecule has 180 valence electrons. The standard InChI is InChI=1S/C23H37N3O6/c1-22(2,3)25(14-15-30-21(27)31-23(4,5)6)26(28)24-32-20-13-10-18(16-20)17-8-11-19(29-7)12-9-17/h8-9,11-12,18,20H,10,13-16H2,1-7H3/t18-,20+/m1/s1. The molecule has 1 fully saturated rings. The van der Waals surface area contributed by atoms with E-state index in [-0.39, 0.29) is 19.3 Å². The zero-order valence-electron chi connectivity index (χ0n) is 20.3. The Balaban J connectivity index is 1.89. The Labute approximate surface area is 190 Å². The van der Waals surface area contributed by atoms with Crippen molar-refractivity contribution in [1.29, 1.82) is 0 Å². The minimum Gasteiger partial charge on any atom is -0.569 e. The molecule has 0 amide bonds. The Kier molecular flexibility index (Phi) is 8.58. The van der Waals surface area contributed by atoms with Crippen LogP contribution in [-0.4, -0.2) is 53.6 Å². The Bertz CT molecular complexity index is 767. The van der Waals surface area contributed by atoms with Crippen molar-refractivity contribution in [2.24, 2.45) is 5.28 Å². The number of carbonyl (C=O) groups excluding carboxylic acids is 1. The summed E-state index contributed by atoms with van der Waals surface area (Å²) >= 11 is 0. The lowest BCUT2D eigenvalue weighted by molar-refractivity contribution is -0.726. The molecule has 1 aromatic rings. The van der Waals surface area contributed by atoms with Crippen LogP contribution in [0.5, 0.6) is 5.75 Å². The number of hydrazine groups is 1. The summed E-state index contributed by atoms with van der Waals surface area (Å²) in [6, 6.07) is 8.03. The molecule has 32 heavy (non-hydrogen) atoms. The molecule has 1 aliphatic rings. The normalized spacial score (nSPS) is 19.4. The fourth-order valence-corrected chi connectivity index (χ4v) is 3.54. The first-order valence-electron chi connectivity index (χ1n) is 11.0. The molecule has 2 atom stereocenters. The molecule has 0 aromatic heterocycles. The van der Waals surface area contributed by atoms with Gasteiger partial charge in [-0.15, -0.1) is 5.01 Å². The molecule has 9 heteroatoms. The highest BCUT2D eigenvalue weighted by molar-refractivity contribution is 5.60. The van der Waals surface area contributed by atoms with Crippen molar-refractivity contribution in [2.45, 2.75) is 84.0 Å². The Hall–Kier alpha value is -2.71. The van der Waals surface area contributed by atoms with Crippen molar-refractivity contribution >= 4 is 6.16 Å². The highest BCUT2D eigenvalue weighted by Gasteiger charge is 2.32. The molecule has 1 aliphatic carbocycles. The predicted octanol–water partition coefficient (Wildman–Crippen LogP) is 5.19. The van der Waals surface area contributed by atoms with Gasteiger partial charge in [-0.2, -0.15) is 0 Å². The predicted molar refractivity (Wildman–Crippen MR) is 119 cm³/mol. The molecule has 9 nitrogen and oxygen atoms in total. The Morgan fingerprint density at radius 3 is 2.38 bits per heavy atom. The molecule has 0 N–H and O–H groups in total. The van der Waals surface area contributed by atoms with Gasteiger partial charge < -0.3 is 24.3 Å². The van der Waals surface area contributed by atoms with Crippen LogP contribution in [0.2, 0.25) is 0 Å². The Morgan fingerprint density at radius 2 is 1.81 bits per heavy atom. The number of benzene rings is 1. The van der Waals surface area contributed by atoms with Crippen molar-refractivity contribution < 1.29 is 28.8 Å². The Morgan fingerprint density at radius 1 is 1.16 bits per heavy atom. The van der Waals surface area contributed by atoms with E-state index in [1.165, 1.54) is 10.6 Å². The minimum absolute atomic E-state index is 0.0105. The molecule has 2 rings (SSSR count). The summed E-state index contributed by atoms with van der Waals surface area (Å²) in [5, 5.41) is 17.9. The number of ether oxygens (including phenoxy) is 3. The third kappa shape index (κ3) is 8.09. The van der Waals surface area contributed by atoms with Crippen LogP contribution in [0, 0.1) is 5.21 Å². The van der Waals surface area contributed by atoms with Crippen LogP contribution in [0.15, 0.2) is 29.5 Å². The van der Waals surface area contributed by atoms with Gasteiger partial charge in [0.15, 0.2) is 0 Å². The average Bonchev–Trinajstić information content (AvgIpc) is 3.16. The molecule has 0 unspecified atom stereocenters. The summed E-state index contributed by atoms with van der Waals surface area (Å²) in [6.07, 6.45) is 1.69. The van der Waals surface area contributed by atoms with E-state index in [9.17, 15) is 10.0 Å². The van der Waals surface area contributed by atoms with Crippen molar-refractivity contribution in [3.8, 4) is 5.75 Å². The topological polar surface area (TPSA) is 95.7 Å². The maximum atomic E-state index is 12.6. The minimum atomic E-state index is -0.771. The summed E-state index contributed by atoms with van der Waals surface area (Å²) in [6.45, 7) is 11.0. The number of hydrogen-bond acceptors (Lipinski definition) is 7. The van der Waals surface area contributed by atoms with Crippen LogP contribution in [-0.2, 0) is 14.3 Å². The van der Waals surface area contributed by atoms with Gasteiger partial charge in [0.25, 0.3) is 0 Å². The van der Waals surface area contributed by atoms with Crippen molar-refractivity contribution in [2.75, 3.05) is 20.3 Å². The van der Waals surface area contributed by atoms with Gasteiger partial charge in [0, 0.05) is 0 Å². The molecule has 0 radical (unpaired) electrons. The van der Waals surface area contributed by atoms with E-state index in [4.69, 9.17) is 19.0 Å². The van der Waals surface area contributed by atoms with Gasteiger partial charge in [0.1, 0.15) is 30.6 Å². The third-order valence-corrected chi connectivity index (χ3v) is 5.13. The number of methoxy groups -OCH3 is 1. The van der Waals surface area contributed by atoms with E-state index in [0.717, 1.165) is 25.0 Å². The first-order valence-corrected chi connectivity index (χ1v) is 11.0. The van der Waals surface area contributed by atoms with E-state index in [0.29, 0.717) is 10.9 Å². The fourth-order valence-electron chi connectivity index (χ4n) is 3.54. The van der Waals surface area contributed by atoms with E-state index >= 15 is 0 Å². The SMILES string of the molecule is COc1ccc([C@@H]2CC[C@H](ON=[N+]([O-])N(CCOC(=O)OC(C)(C)C)C(C)(C)C)C2)cc1. The zero-order chi connectivity index (χ0) is 23.9. The highest BCUT2D eigenvalue weighted by Crippen LogP contribution is 2.36.